The third kappa shape index (κ3) is 2.80. The Bertz CT molecular complexity index is 258. The molecule has 1 N–H and O–H groups in total. The van der Waals surface area contributed by atoms with E-state index in [1.807, 2.05) is 0 Å². The van der Waals surface area contributed by atoms with Crippen LogP contribution in [0.5, 0.6) is 0 Å². The predicted octanol–water partition coefficient (Wildman–Crippen LogP) is 0.448. The van der Waals surface area contributed by atoms with Crippen LogP contribution in [0.1, 0.15) is 25.7 Å². The molecule has 0 aromatic carbocycles. The van der Waals surface area contributed by atoms with Gasteiger partial charge in [0.15, 0.2) is 5.79 Å². The topological polar surface area (TPSA) is 60.5 Å². The highest BCUT2D eigenvalue weighted by Gasteiger charge is 2.44. The van der Waals surface area contributed by atoms with Crippen LogP contribution in [0.3, 0.4) is 0 Å². The van der Waals surface area contributed by atoms with Crippen molar-refractivity contribution in [2.45, 2.75) is 49.8 Å². The number of aliphatic hydroxyl groups is 1. The fourth-order valence-electron chi connectivity index (χ4n) is 2.57. The molecule has 0 aromatic heterocycles. The fourth-order valence-corrected chi connectivity index (χ4v) is 2.57. The summed E-state index contributed by atoms with van der Waals surface area (Å²) in [5, 5.41) is 9.04. The number of hydrogen-bond acceptors (Lipinski definition) is 5. The molecule has 0 radical (unpaired) electrons. The van der Waals surface area contributed by atoms with Crippen molar-refractivity contribution in [1.82, 2.24) is 0 Å². The lowest BCUT2D eigenvalue weighted by Crippen LogP contribution is -2.38. The van der Waals surface area contributed by atoms with Crippen LogP contribution in [0, 0.1) is 0 Å². The number of aliphatic hydroxyl groups excluding tert-OH is 1. The molecule has 2 heterocycles. The van der Waals surface area contributed by atoms with E-state index < -0.39 is 5.79 Å². The van der Waals surface area contributed by atoms with E-state index in [2.05, 4.69) is 0 Å². The second kappa shape index (κ2) is 4.82. The molecule has 3 rings (SSSR count). The molecule has 2 saturated heterocycles. The Kier molecular flexibility index (Phi) is 3.36. The Morgan fingerprint density at radius 3 is 2.53 bits per heavy atom. The molecule has 17 heavy (non-hydrogen) atoms. The number of rotatable bonds is 4. The molecule has 0 aromatic rings. The van der Waals surface area contributed by atoms with E-state index in [4.69, 9.17) is 24.1 Å². The minimum Gasteiger partial charge on any atom is -0.394 e. The Hall–Kier alpha value is -0.200. The molecular formula is C12H20O5. The lowest BCUT2D eigenvalue weighted by molar-refractivity contribution is -0.203. The van der Waals surface area contributed by atoms with E-state index >= 15 is 0 Å². The fraction of sp³-hybridized carbons (Fsp3) is 1.00. The van der Waals surface area contributed by atoms with Crippen molar-refractivity contribution in [3.8, 4) is 0 Å². The van der Waals surface area contributed by atoms with Gasteiger partial charge in [0.2, 0.25) is 0 Å². The van der Waals surface area contributed by atoms with Crippen LogP contribution < -0.4 is 0 Å². The first-order valence-corrected chi connectivity index (χ1v) is 6.45. The smallest absolute Gasteiger partial charge is 0.169 e. The van der Waals surface area contributed by atoms with Crippen LogP contribution in [0.2, 0.25) is 0 Å². The molecule has 3 aliphatic rings. The SMILES string of the molecule is OCC1COC2(CCC(OCC3CO3)CC2)O1. The van der Waals surface area contributed by atoms with E-state index in [0.29, 0.717) is 18.8 Å². The molecule has 5 heteroatoms. The predicted molar refractivity (Wildman–Crippen MR) is 58.6 cm³/mol. The van der Waals surface area contributed by atoms with Gasteiger partial charge >= 0.3 is 0 Å². The molecule has 3 fully saturated rings. The van der Waals surface area contributed by atoms with Gasteiger partial charge in [0, 0.05) is 12.8 Å². The number of ether oxygens (including phenoxy) is 4. The molecule has 2 unspecified atom stereocenters. The first-order valence-electron chi connectivity index (χ1n) is 6.45. The quantitative estimate of drug-likeness (QED) is 0.727. The van der Waals surface area contributed by atoms with Gasteiger partial charge in [-0.05, 0) is 12.8 Å². The Balaban J connectivity index is 1.43. The first-order chi connectivity index (χ1) is 8.30. The van der Waals surface area contributed by atoms with E-state index in [9.17, 15) is 0 Å². The summed E-state index contributed by atoms with van der Waals surface area (Å²) >= 11 is 0. The zero-order valence-electron chi connectivity index (χ0n) is 9.97. The second-order valence-corrected chi connectivity index (χ2v) is 5.13. The van der Waals surface area contributed by atoms with Gasteiger partial charge in [0.25, 0.3) is 0 Å². The van der Waals surface area contributed by atoms with Gasteiger partial charge in [-0.2, -0.15) is 0 Å². The van der Waals surface area contributed by atoms with Crippen molar-refractivity contribution in [3.05, 3.63) is 0 Å². The minimum atomic E-state index is -0.441. The molecule has 1 saturated carbocycles. The van der Waals surface area contributed by atoms with E-state index in [1.165, 1.54) is 0 Å². The molecule has 98 valence electrons. The summed E-state index contributed by atoms with van der Waals surface area (Å²) in [7, 11) is 0. The van der Waals surface area contributed by atoms with Gasteiger partial charge in [-0.1, -0.05) is 0 Å². The third-order valence-corrected chi connectivity index (χ3v) is 3.73. The molecule has 0 bridgehead atoms. The normalized spacial score (nSPS) is 45.4. The summed E-state index contributed by atoms with van der Waals surface area (Å²) < 4.78 is 22.4. The van der Waals surface area contributed by atoms with Gasteiger partial charge < -0.3 is 24.1 Å². The van der Waals surface area contributed by atoms with Gasteiger partial charge in [-0.3, -0.25) is 0 Å². The van der Waals surface area contributed by atoms with Crippen LogP contribution in [0.25, 0.3) is 0 Å². The van der Waals surface area contributed by atoms with Crippen LogP contribution >= 0.6 is 0 Å². The summed E-state index contributed by atoms with van der Waals surface area (Å²) in [6, 6.07) is 0. The summed E-state index contributed by atoms with van der Waals surface area (Å²) in [5.74, 6) is -0.441. The average molecular weight is 244 g/mol. The minimum absolute atomic E-state index is 0.0424. The van der Waals surface area contributed by atoms with Crippen LogP contribution in [0.4, 0.5) is 0 Å². The summed E-state index contributed by atoms with van der Waals surface area (Å²) in [6.45, 7) is 2.12. The largest absolute Gasteiger partial charge is 0.394 e. The standard InChI is InChI=1S/C12H20O5/c13-5-10-8-16-12(17-10)3-1-9(2-4-12)14-6-11-7-15-11/h9-11,13H,1-8H2. The molecular weight excluding hydrogens is 224 g/mol. The van der Waals surface area contributed by atoms with E-state index in [1.54, 1.807) is 0 Å². The molecule has 1 aliphatic carbocycles. The molecule has 1 spiro atoms. The Morgan fingerprint density at radius 2 is 1.94 bits per heavy atom. The third-order valence-electron chi connectivity index (χ3n) is 3.73. The second-order valence-electron chi connectivity index (χ2n) is 5.13. The lowest BCUT2D eigenvalue weighted by atomic mass is 9.92. The van der Waals surface area contributed by atoms with Crippen LogP contribution in [0.15, 0.2) is 0 Å². The maximum atomic E-state index is 9.04. The molecule has 5 nitrogen and oxygen atoms in total. The highest BCUT2D eigenvalue weighted by atomic mass is 16.7. The Labute approximate surface area is 101 Å². The zero-order chi connectivity index (χ0) is 11.7. The van der Waals surface area contributed by atoms with Crippen molar-refractivity contribution in [2.75, 3.05) is 26.4 Å². The number of hydrogen-bond donors (Lipinski definition) is 1. The van der Waals surface area contributed by atoms with Gasteiger partial charge in [-0.15, -0.1) is 0 Å². The van der Waals surface area contributed by atoms with Crippen LogP contribution in [-0.4, -0.2) is 55.6 Å². The summed E-state index contributed by atoms with van der Waals surface area (Å²) in [4.78, 5) is 0. The first kappa shape index (κ1) is 11.9. The molecule has 0 amide bonds. The van der Waals surface area contributed by atoms with Crippen LogP contribution in [-0.2, 0) is 18.9 Å². The van der Waals surface area contributed by atoms with Gasteiger partial charge in [0.1, 0.15) is 12.2 Å². The maximum Gasteiger partial charge on any atom is 0.169 e. The zero-order valence-corrected chi connectivity index (χ0v) is 9.97. The highest BCUT2D eigenvalue weighted by Crippen LogP contribution is 2.38. The average Bonchev–Trinajstić information content (AvgIpc) is 3.11. The van der Waals surface area contributed by atoms with Crippen molar-refractivity contribution in [2.24, 2.45) is 0 Å². The number of epoxide rings is 1. The van der Waals surface area contributed by atoms with E-state index in [-0.39, 0.29) is 12.7 Å². The molecule has 2 atom stereocenters. The molecule has 2 aliphatic heterocycles. The Morgan fingerprint density at radius 1 is 1.18 bits per heavy atom. The van der Waals surface area contributed by atoms with Crippen molar-refractivity contribution >= 4 is 0 Å². The van der Waals surface area contributed by atoms with E-state index in [0.717, 1.165) is 38.9 Å². The summed E-state index contributed by atoms with van der Waals surface area (Å²) in [5.41, 5.74) is 0. The van der Waals surface area contributed by atoms with Crippen molar-refractivity contribution < 1.29 is 24.1 Å². The van der Waals surface area contributed by atoms with Gasteiger partial charge in [0.05, 0.1) is 32.5 Å². The van der Waals surface area contributed by atoms with Gasteiger partial charge in [-0.25, -0.2) is 0 Å². The van der Waals surface area contributed by atoms with Crippen molar-refractivity contribution in [3.63, 3.8) is 0 Å². The highest BCUT2D eigenvalue weighted by molar-refractivity contribution is 4.86. The van der Waals surface area contributed by atoms with Crippen molar-refractivity contribution in [1.29, 1.82) is 0 Å². The maximum absolute atomic E-state index is 9.04. The lowest BCUT2D eigenvalue weighted by Gasteiger charge is -2.35. The monoisotopic (exact) mass is 244 g/mol. The summed E-state index contributed by atoms with van der Waals surface area (Å²) in [6.07, 6.45) is 4.15.